The zero-order valence-electron chi connectivity index (χ0n) is 16.0. The standard InChI is InChI=1S/C19H32ClN5.HI/c1-3-21-19(23-16-17-6-8-18(20)9-7-17)22-10-4-5-11-25-14-12-24(2)13-15-25;/h6-9H,3-5,10-16H2,1-2H3,(H2,21,22,23);1H. The van der Waals surface area contributed by atoms with E-state index in [9.17, 15) is 0 Å². The Kier molecular flexibility index (Phi) is 12.3. The lowest BCUT2D eigenvalue weighted by Crippen LogP contribution is -2.44. The van der Waals surface area contributed by atoms with E-state index in [2.05, 4.69) is 39.4 Å². The summed E-state index contributed by atoms with van der Waals surface area (Å²) in [5.74, 6) is 0.886. The molecule has 5 nitrogen and oxygen atoms in total. The highest BCUT2D eigenvalue weighted by molar-refractivity contribution is 14.0. The number of rotatable bonds is 8. The quantitative estimate of drug-likeness (QED) is 0.253. The Bertz CT molecular complexity index is 515. The van der Waals surface area contributed by atoms with Crippen LogP contribution in [0.25, 0.3) is 0 Å². The molecule has 0 radical (unpaired) electrons. The van der Waals surface area contributed by atoms with Crippen molar-refractivity contribution in [1.82, 2.24) is 20.4 Å². The van der Waals surface area contributed by atoms with E-state index < -0.39 is 0 Å². The van der Waals surface area contributed by atoms with Gasteiger partial charge in [-0.15, -0.1) is 24.0 Å². The SMILES string of the molecule is CCNC(=NCc1ccc(Cl)cc1)NCCCCN1CCN(C)CC1.I. The average Bonchev–Trinajstić information content (AvgIpc) is 2.62. The highest BCUT2D eigenvalue weighted by Gasteiger charge is 2.12. The number of nitrogens with zero attached hydrogens (tertiary/aromatic N) is 3. The van der Waals surface area contributed by atoms with Crippen LogP contribution in [-0.4, -0.2) is 68.6 Å². The van der Waals surface area contributed by atoms with Crippen molar-refractivity contribution in [3.63, 3.8) is 0 Å². The summed E-state index contributed by atoms with van der Waals surface area (Å²) in [6.07, 6.45) is 2.39. The maximum absolute atomic E-state index is 5.92. The van der Waals surface area contributed by atoms with Gasteiger partial charge in [0.05, 0.1) is 6.54 Å². The second-order valence-corrected chi connectivity index (χ2v) is 7.04. The molecule has 0 atom stereocenters. The van der Waals surface area contributed by atoms with Crippen LogP contribution in [0.4, 0.5) is 0 Å². The van der Waals surface area contributed by atoms with E-state index in [1.54, 1.807) is 0 Å². The van der Waals surface area contributed by atoms with Crippen LogP contribution in [0.15, 0.2) is 29.3 Å². The Labute approximate surface area is 180 Å². The normalized spacial score (nSPS) is 16.2. The molecule has 1 aliphatic heterocycles. The van der Waals surface area contributed by atoms with Crippen molar-refractivity contribution in [1.29, 1.82) is 0 Å². The molecule has 1 heterocycles. The highest BCUT2D eigenvalue weighted by Crippen LogP contribution is 2.10. The summed E-state index contributed by atoms with van der Waals surface area (Å²) in [4.78, 5) is 9.61. The Morgan fingerprint density at radius 2 is 1.77 bits per heavy atom. The van der Waals surface area contributed by atoms with Crippen molar-refractivity contribution in [3.8, 4) is 0 Å². The van der Waals surface area contributed by atoms with E-state index in [1.807, 2.05) is 24.3 Å². The van der Waals surface area contributed by atoms with Gasteiger partial charge in [-0.1, -0.05) is 23.7 Å². The third-order valence-corrected chi connectivity index (χ3v) is 4.72. The van der Waals surface area contributed by atoms with Crippen molar-refractivity contribution in [3.05, 3.63) is 34.9 Å². The Morgan fingerprint density at radius 1 is 1.08 bits per heavy atom. The van der Waals surface area contributed by atoms with Crippen LogP contribution in [0.2, 0.25) is 5.02 Å². The van der Waals surface area contributed by atoms with Gasteiger partial charge in [0, 0.05) is 44.3 Å². The fourth-order valence-corrected chi connectivity index (χ4v) is 2.97. The lowest BCUT2D eigenvalue weighted by Gasteiger charge is -2.32. The summed E-state index contributed by atoms with van der Waals surface area (Å²) >= 11 is 5.92. The van der Waals surface area contributed by atoms with Crippen LogP contribution in [0.5, 0.6) is 0 Å². The molecule has 1 aromatic carbocycles. The molecule has 2 rings (SSSR count). The van der Waals surface area contributed by atoms with E-state index in [1.165, 1.54) is 39.1 Å². The van der Waals surface area contributed by atoms with Crippen molar-refractivity contribution in [2.24, 2.45) is 4.99 Å². The molecule has 148 valence electrons. The van der Waals surface area contributed by atoms with Crippen LogP contribution in [0.1, 0.15) is 25.3 Å². The third-order valence-electron chi connectivity index (χ3n) is 4.47. The first kappa shape index (κ1) is 23.5. The van der Waals surface area contributed by atoms with Gasteiger partial charge in [-0.2, -0.15) is 0 Å². The molecular formula is C19H33ClIN5. The fraction of sp³-hybridized carbons (Fsp3) is 0.632. The first-order valence-corrected chi connectivity index (χ1v) is 9.72. The number of halogens is 2. The van der Waals surface area contributed by atoms with Gasteiger partial charge in [-0.3, -0.25) is 0 Å². The van der Waals surface area contributed by atoms with Crippen molar-refractivity contribution in [2.45, 2.75) is 26.3 Å². The van der Waals surface area contributed by atoms with Crippen molar-refractivity contribution >= 4 is 41.5 Å². The van der Waals surface area contributed by atoms with Gasteiger partial charge < -0.3 is 20.4 Å². The van der Waals surface area contributed by atoms with E-state index >= 15 is 0 Å². The molecular weight excluding hydrogens is 461 g/mol. The van der Waals surface area contributed by atoms with E-state index in [0.717, 1.165) is 36.1 Å². The maximum atomic E-state index is 5.92. The number of benzene rings is 1. The minimum atomic E-state index is 0. The van der Waals surface area contributed by atoms with Gasteiger partial charge in [0.1, 0.15) is 0 Å². The Morgan fingerprint density at radius 3 is 2.42 bits per heavy atom. The number of guanidine groups is 1. The minimum absolute atomic E-state index is 0. The van der Waals surface area contributed by atoms with Crippen LogP contribution < -0.4 is 10.6 Å². The van der Waals surface area contributed by atoms with Gasteiger partial charge in [0.15, 0.2) is 5.96 Å². The predicted molar refractivity (Wildman–Crippen MR) is 123 cm³/mol. The molecule has 7 heteroatoms. The average molecular weight is 494 g/mol. The largest absolute Gasteiger partial charge is 0.357 e. The number of unbranched alkanes of at least 4 members (excludes halogenated alkanes) is 1. The molecule has 1 aliphatic rings. The molecule has 0 aromatic heterocycles. The van der Waals surface area contributed by atoms with Gasteiger partial charge in [0.25, 0.3) is 0 Å². The maximum Gasteiger partial charge on any atom is 0.191 e. The second kappa shape index (κ2) is 13.6. The molecule has 0 unspecified atom stereocenters. The second-order valence-electron chi connectivity index (χ2n) is 6.60. The van der Waals surface area contributed by atoms with Gasteiger partial charge in [-0.25, -0.2) is 4.99 Å². The molecule has 0 spiro atoms. The van der Waals surface area contributed by atoms with Crippen molar-refractivity contribution < 1.29 is 0 Å². The van der Waals surface area contributed by atoms with E-state index in [0.29, 0.717) is 6.54 Å². The van der Waals surface area contributed by atoms with E-state index in [-0.39, 0.29) is 24.0 Å². The number of nitrogens with one attached hydrogen (secondary N) is 2. The minimum Gasteiger partial charge on any atom is -0.357 e. The summed E-state index contributed by atoms with van der Waals surface area (Å²) in [5, 5.41) is 7.50. The van der Waals surface area contributed by atoms with Crippen LogP contribution >= 0.6 is 35.6 Å². The highest BCUT2D eigenvalue weighted by atomic mass is 127. The predicted octanol–water partition coefficient (Wildman–Crippen LogP) is 3.04. The van der Waals surface area contributed by atoms with Gasteiger partial charge in [0.2, 0.25) is 0 Å². The molecule has 0 saturated carbocycles. The summed E-state index contributed by atoms with van der Waals surface area (Å²) in [6, 6.07) is 7.85. The molecule has 0 bridgehead atoms. The number of aliphatic imine (C=N–C) groups is 1. The molecule has 26 heavy (non-hydrogen) atoms. The van der Waals surface area contributed by atoms with Gasteiger partial charge >= 0.3 is 0 Å². The zero-order chi connectivity index (χ0) is 17.9. The van der Waals surface area contributed by atoms with Crippen LogP contribution in [-0.2, 0) is 6.54 Å². The lowest BCUT2D eigenvalue weighted by molar-refractivity contribution is 0.152. The van der Waals surface area contributed by atoms with Crippen LogP contribution in [0.3, 0.4) is 0 Å². The molecule has 1 fully saturated rings. The molecule has 1 aromatic rings. The number of likely N-dealkylation sites (N-methyl/N-ethyl adjacent to an activating group) is 1. The fourth-order valence-electron chi connectivity index (χ4n) is 2.84. The Balaban J connectivity index is 0.00000338. The Hall–Kier alpha value is -0.570. The topological polar surface area (TPSA) is 42.9 Å². The van der Waals surface area contributed by atoms with Crippen LogP contribution in [0, 0.1) is 0 Å². The monoisotopic (exact) mass is 493 g/mol. The van der Waals surface area contributed by atoms with Crippen molar-refractivity contribution in [2.75, 3.05) is 52.9 Å². The molecule has 1 saturated heterocycles. The summed E-state index contributed by atoms with van der Waals surface area (Å²) in [5.41, 5.74) is 1.16. The molecule has 2 N–H and O–H groups in total. The first-order valence-electron chi connectivity index (χ1n) is 9.35. The number of hydrogen-bond donors (Lipinski definition) is 2. The lowest BCUT2D eigenvalue weighted by atomic mass is 10.2. The zero-order valence-corrected chi connectivity index (χ0v) is 19.1. The third kappa shape index (κ3) is 9.39. The summed E-state index contributed by atoms with van der Waals surface area (Å²) in [6.45, 7) is 10.6. The molecule has 0 amide bonds. The number of hydrogen-bond acceptors (Lipinski definition) is 3. The van der Waals surface area contributed by atoms with Gasteiger partial charge in [-0.05, 0) is 51.1 Å². The number of piperazine rings is 1. The first-order chi connectivity index (χ1) is 12.2. The summed E-state index contributed by atoms with van der Waals surface area (Å²) < 4.78 is 0. The van der Waals surface area contributed by atoms with E-state index in [4.69, 9.17) is 11.6 Å². The summed E-state index contributed by atoms with van der Waals surface area (Å²) in [7, 11) is 2.20. The molecule has 0 aliphatic carbocycles. The smallest absolute Gasteiger partial charge is 0.191 e.